The van der Waals surface area contributed by atoms with Crippen LogP contribution >= 0.6 is 0 Å². The van der Waals surface area contributed by atoms with Crippen LogP contribution in [0.15, 0.2) is 146 Å². The molecule has 0 unspecified atom stereocenters. The minimum Gasteiger partial charge on any atom is -0.208 e. The Kier molecular flexibility index (Phi) is 6.52. The van der Waals surface area contributed by atoms with Crippen LogP contribution in [0.1, 0.15) is 5.56 Å². The summed E-state index contributed by atoms with van der Waals surface area (Å²) in [5.74, 6) is 1.93. The Balaban J connectivity index is 1.27. The van der Waals surface area contributed by atoms with E-state index in [-0.39, 0.29) is 0 Å². The molecule has 4 heteroatoms. The highest BCUT2D eigenvalue weighted by molar-refractivity contribution is 5.90. The van der Waals surface area contributed by atoms with E-state index in [2.05, 4.69) is 66.7 Å². The molecule has 0 fully saturated rings. The third-order valence-electron chi connectivity index (χ3n) is 7.34. The number of hydrogen-bond donors (Lipinski definition) is 0. The summed E-state index contributed by atoms with van der Waals surface area (Å²) in [6.07, 6.45) is 0. The van der Waals surface area contributed by atoms with E-state index in [1.165, 1.54) is 0 Å². The molecule has 42 heavy (non-hydrogen) atoms. The minimum absolute atomic E-state index is 0.638. The minimum atomic E-state index is 0.638. The highest BCUT2D eigenvalue weighted by Gasteiger charge is 2.13. The lowest BCUT2D eigenvalue weighted by Crippen LogP contribution is -2.00. The van der Waals surface area contributed by atoms with Crippen LogP contribution in [-0.2, 0) is 0 Å². The average molecular weight is 537 g/mol. The van der Waals surface area contributed by atoms with E-state index in [0.717, 1.165) is 49.7 Å². The van der Waals surface area contributed by atoms with Gasteiger partial charge in [-0.15, -0.1) is 0 Å². The van der Waals surface area contributed by atoms with Gasteiger partial charge in [0, 0.05) is 16.7 Å². The maximum Gasteiger partial charge on any atom is 0.164 e. The number of hydrogen-bond acceptors (Lipinski definition) is 4. The van der Waals surface area contributed by atoms with Crippen LogP contribution in [0.4, 0.5) is 0 Å². The molecule has 0 atom stereocenters. The van der Waals surface area contributed by atoms with E-state index in [4.69, 9.17) is 15.0 Å². The molecule has 4 nitrogen and oxygen atoms in total. The molecule has 0 saturated heterocycles. The standard InChI is InChI=1S/C38H24N4/c39-25-26-8-7-13-32(22-26)27-14-16-28(17-15-27)33-20-18-29-19-21-34(24-35(29)23-33)38-41-36(30-9-3-1-4-10-30)40-37(42-38)31-11-5-2-6-12-31/h1-24H. The molecular weight excluding hydrogens is 512 g/mol. The molecule has 0 radical (unpaired) electrons. The van der Waals surface area contributed by atoms with E-state index in [1.54, 1.807) is 0 Å². The zero-order valence-electron chi connectivity index (χ0n) is 22.6. The van der Waals surface area contributed by atoms with Crippen molar-refractivity contribution in [3.05, 3.63) is 151 Å². The van der Waals surface area contributed by atoms with Crippen LogP contribution in [0.2, 0.25) is 0 Å². The normalized spacial score (nSPS) is 10.8. The Bertz CT molecular complexity index is 2020. The van der Waals surface area contributed by atoms with Crippen molar-refractivity contribution in [2.75, 3.05) is 0 Å². The highest BCUT2D eigenvalue weighted by atomic mass is 15.0. The second-order valence-electron chi connectivity index (χ2n) is 10.1. The van der Waals surface area contributed by atoms with Crippen molar-refractivity contribution < 1.29 is 0 Å². The highest BCUT2D eigenvalue weighted by Crippen LogP contribution is 2.31. The first-order valence-electron chi connectivity index (χ1n) is 13.8. The van der Waals surface area contributed by atoms with Gasteiger partial charge in [0.1, 0.15) is 0 Å². The number of aromatic nitrogens is 3. The van der Waals surface area contributed by atoms with Gasteiger partial charge in [-0.3, -0.25) is 0 Å². The van der Waals surface area contributed by atoms with Gasteiger partial charge in [0.25, 0.3) is 0 Å². The van der Waals surface area contributed by atoms with Crippen molar-refractivity contribution in [3.63, 3.8) is 0 Å². The second kappa shape index (κ2) is 10.9. The Morgan fingerprint density at radius 3 is 1.38 bits per heavy atom. The summed E-state index contributed by atoms with van der Waals surface area (Å²) < 4.78 is 0. The quantitative estimate of drug-likeness (QED) is 0.220. The zero-order valence-corrected chi connectivity index (χ0v) is 22.6. The van der Waals surface area contributed by atoms with Gasteiger partial charge in [-0.05, 0) is 57.3 Å². The molecule has 196 valence electrons. The van der Waals surface area contributed by atoms with E-state index in [9.17, 15) is 5.26 Å². The SMILES string of the molecule is N#Cc1cccc(-c2ccc(-c3ccc4ccc(-c5nc(-c6ccccc6)nc(-c6ccccc6)n5)cc4c3)cc2)c1. The van der Waals surface area contributed by atoms with Crippen molar-refractivity contribution in [3.8, 4) is 62.5 Å². The van der Waals surface area contributed by atoms with Crippen molar-refractivity contribution in [2.45, 2.75) is 0 Å². The van der Waals surface area contributed by atoms with Gasteiger partial charge < -0.3 is 0 Å². The molecule has 1 aromatic heterocycles. The van der Waals surface area contributed by atoms with Crippen LogP contribution in [0.3, 0.4) is 0 Å². The molecule has 0 amide bonds. The number of rotatable bonds is 5. The molecule has 0 saturated carbocycles. The number of nitriles is 1. The molecular formula is C38H24N4. The molecule has 0 spiro atoms. The fourth-order valence-corrected chi connectivity index (χ4v) is 5.13. The third kappa shape index (κ3) is 5.03. The van der Waals surface area contributed by atoms with Crippen LogP contribution < -0.4 is 0 Å². The lowest BCUT2D eigenvalue weighted by atomic mass is 9.97. The van der Waals surface area contributed by atoms with Gasteiger partial charge in [-0.2, -0.15) is 5.26 Å². The van der Waals surface area contributed by atoms with Crippen LogP contribution in [0.25, 0.3) is 67.2 Å². The van der Waals surface area contributed by atoms with E-state index in [0.29, 0.717) is 23.0 Å². The Hall–Kier alpha value is -5.92. The van der Waals surface area contributed by atoms with Gasteiger partial charge in [0.2, 0.25) is 0 Å². The van der Waals surface area contributed by atoms with Crippen molar-refractivity contribution in [2.24, 2.45) is 0 Å². The molecule has 6 aromatic carbocycles. The first-order valence-corrected chi connectivity index (χ1v) is 13.8. The lowest BCUT2D eigenvalue weighted by molar-refractivity contribution is 1.07. The molecule has 0 aliphatic carbocycles. The third-order valence-corrected chi connectivity index (χ3v) is 7.34. The zero-order chi connectivity index (χ0) is 28.3. The second-order valence-corrected chi connectivity index (χ2v) is 10.1. The molecule has 0 aliphatic rings. The number of nitrogens with zero attached hydrogens (tertiary/aromatic N) is 4. The molecule has 0 bridgehead atoms. The summed E-state index contributed by atoms with van der Waals surface area (Å²) in [7, 11) is 0. The monoisotopic (exact) mass is 536 g/mol. The van der Waals surface area contributed by atoms with Crippen molar-refractivity contribution >= 4 is 10.8 Å². The van der Waals surface area contributed by atoms with E-state index in [1.807, 2.05) is 84.9 Å². The maximum atomic E-state index is 9.25. The first-order chi connectivity index (χ1) is 20.7. The summed E-state index contributed by atoms with van der Waals surface area (Å²) in [5, 5.41) is 11.5. The number of fused-ring (bicyclic) bond motifs is 1. The summed E-state index contributed by atoms with van der Waals surface area (Å²) in [6.45, 7) is 0. The molecule has 0 N–H and O–H groups in total. The Morgan fingerprint density at radius 1 is 0.357 bits per heavy atom. The van der Waals surface area contributed by atoms with E-state index < -0.39 is 0 Å². The predicted octanol–water partition coefficient (Wildman–Crippen LogP) is 9.23. The Labute approximate surface area is 244 Å². The summed E-state index contributed by atoms with van der Waals surface area (Å²) in [5.41, 5.74) is 7.86. The molecule has 7 rings (SSSR count). The van der Waals surface area contributed by atoms with Crippen molar-refractivity contribution in [1.82, 2.24) is 15.0 Å². The molecule has 1 heterocycles. The summed E-state index contributed by atoms with van der Waals surface area (Å²) in [4.78, 5) is 14.6. The largest absolute Gasteiger partial charge is 0.208 e. The predicted molar refractivity (Wildman–Crippen MR) is 169 cm³/mol. The van der Waals surface area contributed by atoms with Gasteiger partial charge in [0.05, 0.1) is 11.6 Å². The van der Waals surface area contributed by atoms with Gasteiger partial charge in [-0.25, -0.2) is 15.0 Å². The van der Waals surface area contributed by atoms with Gasteiger partial charge in [-0.1, -0.05) is 121 Å². The first kappa shape index (κ1) is 25.1. The van der Waals surface area contributed by atoms with Crippen molar-refractivity contribution in [1.29, 1.82) is 5.26 Å². The van der Waals surface area contributed by atoms with Gasteiger partial charge in [0.15, 0.2) is 17.5 Å². The van der Waals surface area contributed by atoms with E-state index >= 15 is 0 Å². The summed E-state index contributed by atoms with van der Waals surface area (Å²) >= 11 is 0. The van der Waals surface area contributed by atoms with Crippen LogP contribution in [-0.4, -0.2) is 15.0 Å². The van der Waals surface area contributed by atoms with Crippen LogP contribution in [0.5, 0.6) is 0 Å². The average Bonchev–Trinajstić information content (AvgIpc) is 3.08. The molecule has 0 aliphatic heterocycles. The Morgan fingerprint density at radius 2 is 0.810 bits per heavy atom. The number of benzene rings is 6. The summed E-state index contributed by atoms with van der Waals surface area (Å²) in [6, 6.07) is 51.3. The lowest BCUT2D eigenvalue weighted by Gasteiger charge is -2.10. The maximum absolute atomic E-state index is 9.25. The molecule has 7 aromatic rings. The smallest absolute Gasteiger partial charge is 0.164 e. The fourth-order valence-electron chi connectivity index (χ4n) is 5.13. The fraction of sp³-hybridized carbons (Fsp3) is 0. The van der Waals surface area contributed by atoms with Crippen LogP contribution in [0, 0.1) is 11.3 Å². The topological polar surface area (TPSA) is 62.5 Å². The van der Waals surface area contributed by atoms with Gasteiger partial charge >= 0.3 is 0 Å².